The maximum absolute atomic E-state index is 12.6. The molecular weight excluding hydrogens is 330 g/mol. The highest BCUT2D eigenvalue weighted by Crippen LogP contribution is 2.15. The molecular formula is C20H25N3O3. The van der Waals surface area contributed by atoms with Gasteiger partial charge in [0.1, 0.15) is 17.6 Å². The smallest absolute Gasteiger partial charge is 0.270 e. The lowest BCUT2D eigenvalue weighted by Crippen LogP contribution is -2.50. The first-order valence-corrected chi connectivity index (χ1v) is 9.00. The molecule has 1 aliphatic heterocycles. The fraction of sp³-hybridized carbons (Fsp3) is 0.450. The first-order chi connectivity index (χ1) is 12.6. The van der Waals surface area contributed by atoms with Gasteiger partial charge in [-0.05, 0) is 18.1 Å². The van der Waals surface area contributed by atoms with E-state index in [-0.39, 0.29) is 24.0 Å². The van der Waals surface area contributed by atoms with Crippen molar-refractivity contribution in [3.8, 4) is 0 Å². The third-order valence-electron chi connectivity index (χ3n) is 4.35. The van der Waals surface area contributed by atoms with Crippen molar-refractivity contribution in [3.05, 3.63) is 59.7 Å². The Bertz CT molecular complexity index is 721. The zero-order valence-corrected chi connectivity index (χ0v) is 15.2. The number of benzene rings is 1. The molecule has 138 valence electrons. The SMILES string of the molecule is CC(C)c1nccc(C(=O)N[C@H]2CCOC[C@@H]2OCc2ccccc2)n1. The Morgan fingerprint density at radius 1 is 1.31 bits per heavy atom. The minimum atomic E-state index is -0.200. The topological polar surface area (TPSA) is 73.3 Å². The first-order valence-electron chi connectivity index (χ1n) is 9.00. The molecule has 1 aliphatic rings. The Labute approximate surface area is 154 Å². The summed E-state index contributed by atoms with van der Waals surface area (Å²) in [6.07, 6.45) is 2.16. The summed E-state index contributed by atoms with van der Waals surface area (Å²) >= 11 is 0. The van der Waals surface area contributed by atoms with Crippen LogP contribution in [0.4, 0.5) is 0 Å². The van der Waals surface area contributed by atoms with Crippen molar-refractivity contribution in [2.45, 2.75) is 44.9 Å². The van der Waals surface area contributed by atoms with Gasteiger partial charge in [-0.3, -0.25) is 4.79 Å². The minimum absolute atomic E-state index is 0.0996. The summed E-state index contributed by atoms with van der Waals surface area (Å²) in [5.41, 5.74) is 1.48. The molecule has 1 saturated heterocycles. The summed E-state index contributed by atoms with van der Waals surface area (Å²) in [6.45, 7) is 5.58. The van der Waals surface area contributed by atoms with Crippen molar-refractivity contribution in [1.82, 2.24) is 15.3 Å². The van der Waals surface area contributed by atoms with E-state index in [1.807, 2.05) is 44.2 Å². The molecule has 0 unspecified atom stereocenters. The Balaban J connectivity index is 1.62. The summed E-state index contributed by atoms with van der Waals surface area (Å²) < 4.78 is 11.5. The number of carbonyl (C=O) groups is 1. The third-order valence-corrected chi connectivity index (χ3v) is 4.35. The monoisotopic (exact) mass is 355 g/mol. The van der Waals surface area contributed by atoms with Crippen molar-refractivity contribution >= 4 is 5.91 Å². The quantitative estimate of drug-likeness (QED) is 0.862. The Morgan fingerprint density at radius 3 is 2.88 bits per heavy atom. The van der Waals surface area contributed by atoms with Gasteiger partial charge in [0.25, 0.3) is 5.91 Å². The van der Waals surface area contributed by atoms with Crippen LogP contribution in [0, 0.1) is 0 Å². The first kappa shape index (κ1) is 18.5. The maximum Gasteiger partial charge on any atom is 0.270 e. The van der Waals surface area contributed by atoms with E-state index in [2.05, 4.69) is 15.3 Å². The van der Waals surface area contributed by atoms with Gasteiger partial charge in [-0.2, -0.15) is 0 Å². The van der Waals surface area contributed by atoms with Crippen molar-refractivity contribution < 1.29 is 14.3 Å². The highest BCUT2D eigenvalue weighted by Gasteiger charge is 2.28. The van der Waals surface area contributed by atoms with E-state index in [1.165, 1.54) is 0 Å². The van der Waals surface area contributed by atoms with E-state index in [1.54, 1.807) is 12.3 Å². The van der Waals surface area contributed by atoms with Crippen molar-refractivity contribution in [3.63, 3.8) is 0 Å². The molecule has 0 saturated carbocycles. The molecule has 2 atom stereocenters. The van der Waals surface area contributed by atoms with Gasteiger partial charge >= 0.3 is 0 Å². The Morgan fingerprint density at radius 2 is 2.12 bits per heavy atom. The number of carbonyl (C=O) groups excluding carboxylic acids is 1. The van der Waals surface area contributed by atoms with Crippen LogP contribution >= 0.6 is 0 Å². The molecule has 1 aromatic heterocycles. The fourth-order valence-electron chi connectivity index (χ4n) is 2.84. The number of hydrogen-bond donors (Lipinski definition) is 1. The van der Waals surface area contributed by atoms with Gasteiger partial charge < -0.3 is 14.8 Å². The van der Waals surface area contributed by atoms with E-state index >= 15 is 0 Å². The molecule has 0 bridgehead atoms. The van der Waals surface area contributed by atoms with Gasteiger partial charge in [-0.25, -0.2) is 9.97 Å². The number of ether oxygens (including phenoxy) is 2. The summed E-state index contributed by atoms with van der Waals surface area (Å²) in [5.74, 6) is 0.642. The molecule has 2 aromatic rings. The zero-order valence-electron chi connectivity index (χ0n) is 15.2. The summed E-state index contributed by atoms with van der Waals surface area (Å²) in [4.78, 5) is 21.2. The second-order valence-corrected chi connectivity index (χ2v) is 6.73. The van der Waals surface area contributed by atoms with E-state index in [4.69, 9.17) is 9.47 Å². The number of rotatable bonds is 6. The van der Waals surface area contributed by atoms with Crippen LogP contribution in [0.2, 0.25) is 0 Å². The minimum Gasteiger partial charge on any atom is -0.379 e. The second-order valence-electron chi connectivity index (χ2n) is 6.73. The third kappa shape index (κ3) is 4.86. The van der Waals surface area contributed by atoms with Crippen LogP contribution in [-0.4, -0.2) is 41.2 Å². The van der Waals surface area contributed by atoms with Crippen LogP contribution in [0.25, 0.3) is 0 Å². The average Bonchev–Trinajstić information content (AvgIpc) is 2.68. The van der Waals surface area contributed by atoms with Gasteiger partial charge in [-0.1, -0.05) is 44.2 Å². The van der Waals surface area contributed by atoms with Gasteiger partial charge in [-0.15, -0.1) is 0 Å². The van der Waals surface area contributed by atoms with Crippen LogP contribution in [0.3, 0.4) is 0 Å². The number of aromatic nitrogens is 2. The number of hydrogen-bond acceptors (Lipinski definition) is 5. The van der Waals surface area contributed by atoms with Crippen LogP contribution in [0.15, 0.2) is 42.6 Å². The molecule has 0 spiro atoms. The molecule has 6 heteroatoms. The molecule has 0 radical (unpaired) electrons. The molecule has 6 nitrogen and oxygen atoms in total. The van der Waals surface area contributed by atoms with Crippen molar-refractivity contribution in [1.29, 1.82) is 0 Å². The molecule has 1 amide bonds. The molecule has 1 fully saturated rings. The molecule has 3 rings (SSSR count). The van der Waals surface area contributed by atoms with Crippen molar-refractivity contribution in [2.24, 2.45) is 0 Å². The van der Waals surface area contributed by atoms with Gasteiger partial charge in [0.05, 0.1) is 19.3 Å². The van der Waals surface area contributed by atoms with E-state index in [0.29, 0.717) is 37.8 Å². The van der Waals surface area contributed by atoms with E-state index < -0.39 is 0 Å². The van der Waals surface area contributed by atoms with Crippen LogP contribution in [-0.2, 0) is 16.1 Å². The standard InChI is InChI=1S/C20H25N3O3/c1-14(2)19-21-10-8-17(22-19)20(24)23-16-9-11-25-13-18(16)26-12-15-6-4-3-5-7-15/h3-8,10,14,16,18H,9,11-13H2,1-2H3,(H,23,24)/t16-,18-/m0/s1. The predicted octanol–water partition coefficient (Wildman–Crippen LogP) is 2.70. The predicted molar refractivity (Wildman–Crippen MR) is 97.8 cm³/mol. The number of nitrogens with one attached hydrogen (secondary N) is 1. The summed E-state index contributed by atoms with van der Waals surface area (Å²) in [5, 5.41) is 3.05. The zero-order chi connectivity index (χ0) is 18.4. The Kier molecular flexibility index (Phi) is 6.30. The Hall–Kier alpha value is -2.31. The van der Waals surface area contributed by atoms with Crippen LogP contribution in [0.1, 0.15) is 48.1 Å². The van der Waals surface area contributed by atoms with E-state index in [0.717, 1.165) is 5.56 Å². The molecule has 2 heterocycles. The molecule has 0 aliphatic carbocycles. The van der Waals surface area contributed by atoms with E-state index in [9.17, 15) is 4.79 Å². The summed E-state index contributed by atoms with van der Waals surface area (Å²) in [7, 11) is 0. The fourth-order valence-corrected chi connectivity index (χ4v) is 2.84. The van der Waals surface area contributed by atoms with Gasteiger partial charge in [0.15, 0.2) is 0 Å². The van der Waals surface area contributed by atoms with Crippen LogP contribution < -0.4 is 5.32 Å². The van der Waals surface area contributed by atoms with Crippen LogP contribution in [0.5, 0.6) is 0 Å². The highest BCUT2D eigenvalue weighted by molar-refractivity contribution is 5.92. The lowest BCUT2D eigenvalue weighted by atomic mass is 10.1. The average molecular weight is 355 g/mol. The number of amides is 1. The normalized spacial score (nSPS) is 20.1. The lowest BCUT2D eigenvalue weighted by Gasteiger charge is -2.32. The maximum atomic E-state index is 12.6. The summed E-state index contributed by atoms with van der Waals surface area (Å²) in [6, 6.07) is 11.5. The second kappa shape index (κ2) is 8.87. The van der Waals surface area contributed by atoms with Gasteiger partial charge in [0.2, 0.25) is 0 Å². The molecule has 1 N–H and O–H groups in total. The van der Waals surface area contributed by atoms with Crippen molar-refractivity contribution in [2.75, 3.05) is 13.2 Å². The molecule has 1 aromatic carbocycles. The van der Waals surface area contributed by atoms with Gasteiger partial charge in [0, 0.05) is 18.7 Å². The number of nitrogens with zero attached hydrogens (tertiary/aromatic N) is 2. The largest absolute Gasteiger partial charge is 0.379 e. The lowest BCUT2D eigenvalue weighted by molar-refractivity contribution is -0.0736. The molecule has 26 heavy (non-hydrogen) atoms. The highest BCUT2D eigenvalue weighted by atomic mass is 16.5.